The van der Waals surface area contributed by atoms with Crippen LogP contribution in [0, 0.1) is 0 Å². The molecular formula is C18H28IN3O2S. The number of nitrogens with zero attached hydrogens (tertiary/aromatic N) is 2. The van der Waals surface area contributed by atoms with Gasteiger partial charge >= 0.3 is 0 Å². The summed E-state index contributed by atoms with van der Waals surface area (Å²) >= 11 is 0. The third-order valence-corrected chi connectivity index (χ3v) is 5.93. The van der Waals surface area contributed by atoms with Gasteiger partial charge in [-0.25, -0.2) is 8.42 Å². The molecule has 0 spiro atoms. The number of hydrogen-bond donors (Lipinski definition) is 1. The summed E-state index contributed by atoms with van der Waals surface area (Å²) in [5.41, 5.74) is 2.69. The number of nitrogens with one attached hydrogen (secondary N) is 1. The van der Waals surface area contributed by atoms with Gasteiger partial charge in [0.25, 0.3) is 0 Å². The lowest BCUT2D eigenvalue weighted by atomic mass is 10.0. The lowest BCUT2D eigenvalue weighted by Gasteiger charge is -2.31. The van der Waals surface area contributed by atoms with Gasteiger partial charge in [0, 0.05) is 32.4 Å². The number of sulfone groups is 1. The van der Waals surface area contributed by atoms with Gasteiger partial charge in [-0.2, -0.15) is 0 Å². The zero-order valence-electron chi connectivity index (χ0n) is 14.9. The first-order chi connectivity index (χ1) is 11.5. The van der Waals surface area contributed by atoms with Gasteiger partial charge in [0.2, 0.25) is 0 Å². The fourth-order valence-electron chi connectivity index (χ4n) is 2.73. The number of aliphatic imine (C=N–C) groups is 1. The summed E-state index contributed by atoms with van der Waals surface area (Å²) in [5.74, 6) is 1.13. The Morgan fingerprint density at radius 3 is 2.44 bits per heavy atom. The van der Waals surface area contributed by atoms with Gasteiger partial charge < -0.3 is 10.2 Å². The second-order valence-electron chi connectivity index (χ2n) is 5.91. The molecule has 25 heavy (non-hydrogen) atoms. The van der Waals surface area contributed by atoms with Crippen molar-refractivity contribution in [3.05, 3.63) is 41.5 Å². The standard InChI is InChI=1S/C18H27N3O2S.HI/c1-3-24(22,23)14-11-20-18(19-2)21-12-9-17(10-13-21)15-16-7-5-4-6-8-16;/h4-8,15H,3,9-14H2,1-2H3,(H,19,20);1H. The van der Waals surface area contributed by atoms with Gasteiger partial charge in [-0.3, -0.25) is 4.99 Å². The Bertz CT molecular complexity index is 678. The van der Waals surface area contributed by atoms with E-state index >= 15 is 0 Å². The largest absolute Gasteiger partial charge is 0.355 e. The van der Waals surface area contributed by atoms with Crippen molar-refractivity contribution in [1.82, 2.24) is 10.2 Å². The summed E-state index contributed by atoms with van der Waals surface area (Å²) in [4.78, 5) is 6.48. The maximum Gasteiger partial charge on any atom is 0.193 e. The number of benzene rings is 1. The van der Waals surface area contributed by atoms with Crippen LogP contribution in [0.25, 0.3) is 6.08 Å². The van der Waals surface area contributed by atoms with Gasteiger partial charge in [0.1, 0.15) is 0 Å². The van der Waals surface area contributed by atoms with Crippen LogP contribution in [-0.2, 0) is 9.84 Å². The minimum absolute atomic E-state index is 0. The summed E-state index contributed by atoms with van der Waals surface area (Å²) in [5, 5.41) is 3.17. The highest BCUT2D eigenvalue weighted by atomic mass is 127. The molecule has 1 fully saturated rings. The van der Waals surface area contributed by atoms with Crippen LogP contribution in [0.1, 0.15) is 25.3 Å². The van der Waals surface area contributed by atoms with Crippen LogP contribution in [0.2, 0.25) is 0 Å². The van der Waals surface area contributed by atoms with Crippen molar-refractivity contribution in [2.75, 3.05) is 38.2 Å². The maximum atomic E-state index is 11.6. The van der Waals surface area contributed by atoms with Crippen molar-refractivity contribution in [2.24, 2.45) is 4.99 Å². The third-order valence-electron chi connectivity index (χ3n) is 4.22. The fraction of sp³-hybridized carbons (Fsp3) is 0.500. The molecule has 0 atom stereocenters. The predicted octanol–water partition coefficient (Wildman–Crippen LogP) is 2.79. The van der Waals surface area contributed by atoms with Crippen molar-refractivity contribution in [2.45, 2.75) is 19.8 Å². The zero-order chi connectivity index (χ0) is 17.4. The van der Waals surface area contributed by atoms with E-state index in [0.29, 0.717) is 6.54 Å². The summed E-state index contributed by atoms with van der Waals surface area (Å²) in [6.07, 6.45) is 4.27. The average molecular weight is 477 g/mol. The Morgan fingerprint density at radius 2 is 1.88 bits per heavy atom. The van der Waals surface area contributed by atoms with E-state index < -0.39 is 9.84 Å². The lowest BCUT2D eigenvalue weighted by Crippen LogP contribution is -2.45. The number of likely N-dealkylation sites (tertiary alicyclic amines) is 1. The Morgan fingerprint density at radius 1 is 1.24 bits per heavy atom. The molecule has 1 saturated heterocycles. The summed E-state index contributed by atoms with van der Waals surface area (Å²) in [6.45, 7) is 3.89. The topological polar surface area (TPSA) is 61.8 Å². The van der Waals surface area contributed by atoms with Crippen LogP contribution in [0.15, 0.2) is 40.9 Å². The van der Waals surface area contributed by atoms with E-state index in [1.54, 1.807) is 14.0 Å². The molecule has 140 valence electrons. The van der Waals surface area contributed by atoms with Crippen molar-refractivity contribution in [1.29, 1.82) is 0 Å². The van der Waals surface area contributed by atoms with Crippen LogP contribution in [0.4, 0.5) is 0 Å². The molecule has 5 nitrogen and oxygen atoms in total. The highest BCUT2D eigenvalue weighted by Gasteiger charge is 2.17. The fourth-order valence-corrected chi connectivity index (χ4v) is 3.43. The van der Waals surface area contributed by atoms with E-state index in [-0.39, 0.29) is 35.5 Å². The summed E-state index contributed by atoms with van der Waals surface area (Å²) in [7, 11) is -1.20. The molecule has 1 heterocycles. The number of piperidine rings is 1. The molecule has 0 saturated carbocycles. The number of guanidine groups is 1. The molecule has 2 rings (SSSR count). The molecule has 0 unspecified atom stereocenters. The van der Waals surface area contributed by atoms with E-state index in [0.717, 1.165) is 31.9 Å². The van der Waals surface area contributed by atoms with E-state index in [2.05, 4.69) is 45.6 Å². The van der Waals surface area contributed by atoms with Crippen molar-refractivity contribution in [3.63, 3.8) is 0 Å². The minimum atomic E-state index is -2.94. The van der Waals surface area contributed by atoms with Crippen LogP contribution in [0.3, 0.4) is 0 Å². The van der Waals surface area contributed by atoms with Crippen LogP contribution in [0.5, 0.6) is 0 Å². The molecule has 0 radical (unpaired) electrons. The smallest absolute Gasteiger partial charge is 0.193 e. The summed E-state index contributed by atoms with van der Waals surface area (Å²) in [6, 6.07) is 10.4. The molecule has 1 aromatic rings. The second kappa shape index (κ2) is 10.8. The molecule has 0 bridgehead atoms. The molecule has 7 heteroatoms. The van der Waals surface area contributed by atoms with Crippen LogP contribution < -0.4 is 5.32 Å². The Hall–Kier alpha value is -1.09. The Balaban J connectivity index is 0.00000312. The Kier molecular flexibility index (Phi) is 9.48. The zero-order valence-corrected chi connectivity index (χ0v) is 18.1. The first-order valence-electron chi connectivity index (χ1n) is 8.44. The quantitative estimate of drug-likeness (QED) is 0.403. The predicted molar refractivity (Wildman–Crippen MR) is 116 cm³/mol. The first-order valence-corrected chi connectivity index (χ1v) is 10.3. The highest BCUT2D eigenvalue weighted by Crippen LogP contribution is 2.19. The monoisotopic (exact) mass is 477 g/mol. The van der Waals surface area contributed by atoms with E-state index in [1.165, 1.54) is 11.1 Å². The highest BCUT2D eigenvalue weighted by molar-refractivity contribution is 14.0. The van der Waals surface area contributed by atoms with Crippen molar-refractivity contribution < 1.29 is 8.42 Å². The number of halogens is 1. The van der Waals surface area contributed by atoms with Gasteiger partial charge in [-0.05, 0) is 18.4 Å². The second-order valence-corrected chi connectivity index (χ2v) is 8.38. The SMILES string of the molecule is CCS(=O)(=O)CCNC(=NC)N1CCC(=Cc2ccccc2)CC1.I. The Labute approximate surface area is 168 Å². The average Bonchev–Trinajstić information content (AvgIpc) is 2.60. The van der Waals surface area contributed by atoms with E-state index in [1.807, 2.05) is 6.07 Å². The van der Waals surface area contributed by atoms with Crippen molar-refractivity contribution in [3.8, 4) is 0 Å². The van der Waals surface area contributed by atoms with Gasteiger partial charge in [0.15, 0.2) is 15.8 Å². The molecule has 0 amide bonds. The summed E-state index contributed by atoms with van der Waals surface area (Å²) < 4.78 is 23.1. The van der Waals surface area contributed by atoms with E-state index in [4.69, 9.17) is 0 Å². The normalized spacial score (nSPS) is 15.5. The first kappa shape index (κ1) is 22.0. The van der Waals surface area contributed by atoms with Gasteiger partial charge in [0.05, 0.1) is 5.75 Å². The van der Waals surface area contributed by atoms with E-state index in [9.17, 15) is 8.42 Å². The van der Waals surface area contributed by atoms with Crippen LogP contribution in [-0.4, -0.2) is 57.5 Å². The molecule has 1 aliphatic rings. The minimum Gasteiger partial charge on any atom is -0.355 e. The van der Waals surface area contributed by atoms with Crippen molar-refractivity contribution >= 4 is 45.8 Å². The maximum absolute atomic E-state index is 11.6. The lowest BCUT2D eigenvalue weighted by molar-refractivity contribution is 0.376. The molecule has 0 aliphatic carbocycles. The van der Waals surface area contributed by atoms with Crippen LogP contribution >= 0.6 is 24.0 Å². The number of rotatable bonds is 5. The van der Waals surface area contributed by atoms with Gasteiger partial charge in [-0.15, -0.1) is 24.0 Å². The molecular weight excluding hydrogens is 449 g/mol. The molecule has 0 aromatic heterocycles. The molecule has 1 N–H and O–H groups in total. The number of hydrogen-bond acceptors (Lipinski definition) is 3. The molecule has 1 aromatic carbocycles. The third kappa shape index (κ3) is 7.35. The van der Waals surface area contributed by atoms with Gasteiger partial charge in [-0.1, -0.05) is 48.9 Å². The molecule has 1 aliphatic heterocycles.